The molecular weight excluding hydrogens is 348 g/mol. The minimum atomic E-state index is 0.122. The van der Waals surface area contributed by atoms with Crippen LogP contribution in [0, 0.1) is 5.92 Å². The quantitative estimate of drug-likeness (QED) is 0.778. The maximum Gasteiger partial charge on any atom is 0.231 e. The summed E-state index contributed by atoms with van der Waals surface area (Å²) in [5.41, 5.74) is 0.837. The molecule has 2 fully saturated rings. The second-order valence-electron chi connectivity index (χ2n) is 7.22. The molecule has 140 valence electrons. The number of thiazole rings is 1. The summed E-state index contributed by atoms with van der Waals surface area (Å²) in [6.07, 6.45) is 7.75. The molecule has 4 rings (SSSR count). The Labute approximate surface area is 158 Å². The van der Waals surface area contributed by atoms with E-state index in [-0.39, 0.29) is 17.9 Å². The largest absolute Gasteiger partial charge is 0.494 e. The summed E-state index contributed by atoms with van der Waals surface area (Å²) in [4.78, 5) is 20.0. The Morgan fingerprint density at radius 2 is 2.12 bits per heavy atom. The number of nitrogens with zero attached hydrogens (tertiary/aromatic N) is 2. The van der Waals surface area contributed by atoms with Gasteiger partial charge < -0.3 is 9.47 Å². The number of rotatable bonds is 5. The smallest absolute Gasteiger partial charge is 0.231 e. The first-order valence-electron chi connectivity index (χ1n) is 9.63. The molecule has 0 N–H and O–H groups in total. The lowest BCUT2D eigenvalue weighted by Gasteiger charge is -2.29. The fraction of sp³-hybridized carbons (Fsp3) is 0.600. The molecule has 1 aromatic heterocycles. The number of fused-ring (bicyclic) bond motifs is 1. The standard InChI is InChI=1S/C20H26N2O3S/c1-24-16-10-5-11-17-18(16)21-20(26-17)22(13-15-9-6-12-25-15)19(23)14-7-3-2-4-8-14/h5,10-11,14-15H,2-4,6-9,12-13H2,1H3. The Kier molecular flexibility index (Phi) is 5.41. The molecule has 1 unspecified atom stereocenters. The molecule has 6 heteroatoms. The Bertz CT molecular complexity index is 764. The van der Waals surface area contributed by atoms with Crippen molar-refractivity contribution in [3.63, 3.8) is 0 Å². The second kappa shape index (κ2) is 7.92. The molecule has 1 aliphatic carbocycles. The maximum atomic E-state index is 13.3. The number of benzene rings is 1. The van der Waals surface area contributed by atoms with Gasteiger partial charge in [-0.15, -0.1) is 0 Å². The predicted octanol–water partition coefficient (Wildman–Crippen LogP) is 4.40. The van der Waals surface area contributed by atoms with E-state index in [0.29, 0.717) is 6.54 Å². The molecule has 1 saturated heterocycles. The number of hydrogen-bond donors (Lipinski definition) is 0. The summed E-state index contributed by atoms with van der Waals surface area (Å²) in [5.74, 6) is 1.10. The molecule has 0 bridgehead atoms. The fourth-order valence-corrected chi connectivity index (χ4v) is 5.01. The molecule has 1 atom stereocenters. The summed E-state index contributed by atoms with van der Waals surface area (Å²) in [5, 5.41) is 0.774. The van der Waals surface area contributed by atoms with E-state index in [9.17, 15) is 4.79 Å². The number of ether oxygens (including phenoxy) is 2. The second-order valence-corrected chi connectivity index (χ2v) is 8.23. The van der Waals surface area contributed by atoms with Gasteiger partial charge in [-0.05, 0) is 37.8 Å². The highest BCUT2D eigenvalue weighted by Gasteiger charge is 2.31. The van der Waals surface area contributed by atoms with Crippen LogP contribution in [-0.4, -0.2) is 37.3 Å². The van der Waals surface area contributed by atoms with Crippen molar-refractivity contribution in [2.24, 2.45) is 5.92 Å². The average Bonchev–Trinajstić information content (AvgIpc) is 3.35. The van der Waals surface area contributed by atoms with Crippen LogP contribution in [0.1, 0.15) is 44.9 Å². The summed E-state index contributed by atoms with van der Waals surface area (Å²) >= 11 is 1.57. The minimum Gasteiger partial charge on any atom is -0.494 e. The van der Waals surface area contributed by atoms with E-state index in [0.717, 1.165) is 66.2 Å². The first kappa shape index (κ1) is 17.7. The van der Waals surface area contributed by atoms with E-state index >= 15 is 0 Å². The third-order valence-corrected chi connectivity index (χ3v) is 6.50. The van der Waals surface area contributed by atoms with Crippen molar-refractivity contribution in [1.82, 2.24) is 4.98 Å². The fourth-order valence-electron chi connectivity index (χ4n) is 4.02. The van der Waals surface area contributed by atoms with Crippen molar-refractivity contribution in [1.29, 1.82) is 0 Å². The monoisotopic (exact) mass is 374 g/mol. The highest BCUT2D eigenvalue weighted by Crippen LogP contribution is 2.36. The molecule has 5 nitrogen and oxygen atoms in total. The SMILES string of the molecule is COc1cccc2sc(N(CC3CCCO3)C(=O)C3CCCCC3)nc12. The van der Waals surface area contributed by atoms with E-state index < -0.39 is 0 Å². The summed E-state index contributed by atoms with van der Waals surface area (Å²) in [6.45, 7) is 1.40. The van der Waals surface area contributed by atoms with Crippen molar-refractivity contribution in [2.45, 2.75) is 51.0 Å². The number of anilines is 1. The average molecular weight is 375 g/mol. The van der Waals surface area contributed by atoms with Crippen LogP contribution >= 0.6 is 11.3 Å². The summed E-state index contributed by atoms with van der Waals surface area (Å²) in [7, 11) is 1.66. The van der Waals surface area contributed by atoms with Crippen LogP contribution < -0.4 is 9.64 Å². The normalized spacial score (nSPS) is 21.2. The predicted molar refractivity (Wildman–Crippen MR) is 104 cm³/mol. The summed E-state index contributed by atoms with van der Waals surface area (Å²) < 4.78 is 12.3. The number of amides is 1. The van der Waals surface area contributed by atoms with Crippen LogP contribution in [-0.2, 0) is 9.53 Å². The van der Waals surface area contributed by atoms with Crippen LogP contribution in [0.2, 0.25) is 0 Å². The van der Waals surface area contributed by atoms with Gasteiger partial charge in [-0.1, -0.05) is 36.7 Å². The van der Waals surface area contributed by atoms with Gasteiger partial charge in [0.1, 0.15) is 11.3 Å². The van der Waals surface area contributed by atoms with Crippen molar-refractivity contribution in [3.05, 3.63) is 18.2 Å². The zero-order valence-electron chi connectivity index (χ0n) is 15.3. The molecule has 0 spiro atoms. The maximum absolute atomic E-state index is 13.3. The van der Waals surface area contributed by atoms with Gasteiger partial charge in [-0.2, -0.15) is 0 Å². The highest BCUT2D eigenvalue weighted by atomic mass is 32.1. The third kappa shape index (κ3) is 3.58. The molecule has 26 heavy (non-hydrogen) atoms. The van der Waals surface area contributed by atoms with Gasteiger partial charge in [-0.25, -0.2) is 4.98 Å². The first-order valence-corrected chi connectivity index (χ1v) is 10.4. The molecule has 1 aromatic carbocycles. The van der Waals surface area contributed by atoms with E-state index in [1.165, 1.54) is 6.42 Å². The lowest BCUT2D eigenvalue weighted by atomic mass is 9.88. The van der Waals surface area contributed by atoms with Crippen LogP contribution in [0.5, 0.6) is 5.75 Å². The Balaban J connectivity index is 1.66. The van der Waals surface area contributed by atoms with Crippen molar-refractivity contribution in [2.75, 3.05) is 25.2 Å². The lowest BCUT2D eigenvalue weighted by molar-refractivity contribution is -0.123. The van der Waals surface area contributed by atoms with Crippen LogP contribution in [0.4, 0.5) is 5.13 Å². The molecule has 1 saturated carbocycles. The Morgan fingerprint density at radius 3 is 2.85 bits per heavy atom. The van der Waals surface area contributed by atoms with Gasteiger partial charge in [0.2, 0.25) is 5.91 Å². The van der Waals surface area contributed by atoms with E-state index in [1.807, 2.05) is 23.1 Å². The molecule has 1 amide bonds. The van der Waals surface area contributed by atoms with Gasteiger partial charge in [0.25, 0.3) is 0 Å². The van der Waals surface area contributed by atoms with Gasteiger partial charge in [0, 0.05) is 12.5 Å². The Morgan fingerprint density at radius 1 is 1.27 bits per heavy atom. The zero-order chi connectivity index (χ0) is 17.9. The highest BCUT2D eigenvalue weighted by molar-refractivity contribution is 7.22. The van der Waals surface area contributed by atoms with E-state index in [2.05, 4.69) is 0 Å². The van der Waals surface area contributed by atoms with E-state index in [1.54, 1.807) is 18.4 Å². The number of aromatic nitrogens is 1. The number of para-hydroxylation sites is 1. The number of carbonyl (C=O) groups excluding carboxylic acids is 1. The van der Waals surface area contributed by atoms with Gasteiger partial charge in [-0.3, -0.25) is 9.69 Å². The van der Waals surface area contributed by atoms with Crippen molar-refractivity contribution < 1.29 is 14.3 Å². The zero-order valence-corrected chi connectivity index (χ0v) is 16.1. The van der Waals surface area contributed by atoms with E-state index in [4.69, 9.17) is 14.5 Å². The summed E-state index contributed by atoms with van der Waals surface area (Å²) in [6, 6.07) is 5.92. The molecule has 2 aromatic rings. The van der Waals surface area contributed by atoms with Crippen molar-refractivity contribution >= 4 is 32.6 Å². The number of carbonyl (C=O) groups is 1. The molecule has 0 radical (unpaired) electrons. The van der Waals surface area contributed by atoms with Crippen LogP contribution in [0.15, 0.2) is 18.2 Å². The Hall–Kier alpha value is -1.66. The topological polar surface area (TPSA) is 51.7 Å². The minimum absolute atomic E-state index is 0.122. The molecule has 2 aliphatic rings. The van der Waals surface area contributed by atoms with Gasteiger partial charge in [0.05, 0.1) is 24.5 Å². The lowest BCUT2D eigenvalue weighted by Crippen LogP contribution is -2.41. The van der Waals surface area contributed by atoms with Crippen LogP contribution in [0.3, 0.4) is 0 Å². The number of hydrogen-bond acceptors (Lipinski definition) is 5. The first-order chi connectivity index (χ1) is 12.8. The van der Waals surface area contributed by atoms with Gasteiger partial charge >= 0.3 is 0 Å². The third-order valence-electron chi connectivity index (χ3n) is 5.45. The van der Waals surface area contributed by atoms with Crippen molar-refractivity contribution in [3.8, 4) is 5.75 Å². The number of methoxy groups -OCH3 is 1. The molecule has 2 heterocycles. The molecule has 1 aliphatic heterocycles. The van der Waals surface area contributed by atoms with Gasteiger partial charge in [0.15, 0.2) is 5.13 Å². The molecular formula is C20H26N2O3S. The van der Waals surface area contributed by atoms with Crippen LogP contribution in [0.25, 0.3) is 10.2 Å².